The van der Waals surface area contributed by atoms with Crippen LogP contribution in [0.3, 0.4) is 0 Å². The molecule has 9 atom stereocenters. The number of hydrogen-bond donors (Lipinski definition) is 2. The second-order valence-corrected chi connectivity index (χ2v) is 13.8. The Hall–Kier alpha value is -0.0800. The van der Waals surface area contributed by atoms with E-state index in [0.29, 0.717) is 16.2 Å². The van der Waals surface area contributed by atoms with Crippen LogP contribution < -0.4 is 0 Å². The highest BCUT2D eigenvalue weighted by atomic mass is 16.3. The maximum absolute atomic E-state index is 10.3. The average molecular weight is 417 g/mol. The zero-order valence-electron chi connectivity index (χ0n) is 20.5. The van der Waals surface area contributed by atoms with Crippen molar-refractivity contribution in [2.45, 2.75) is 130 Å². The summed E-state index contributed by atoms with van der Waals surface area (Å²) in [7, 11) is 0. The number of rotatable bonds is 5. The van der Waals surface area contributed by atoms with Crippen molar-refractivity contribution in [2.24, 2.45) is 45.3 Å². The van der Waals surface area contributed by atoms with E-state index in [2.05, 4.69) is 20.8 Å². The van der Waals surface area contributed by atoms with E-state index in [1.165, 1.54) is 57.8 Å². The van der Waals surface area contributed by atoms with Gasteiger partial charge in [-0.1, -0.05) is 40.0 Å². The summed E-state index contributed by atoms with van der Waals surface area (Å²) >= 11 is 0. The Morgan fingerprint density at radius 1 is 0.933 bits per heavy atom. The Labute approximate surface area is 185 Å². The van der Waals surface area contributed by atoms with Crippen molar-refractivity contribution in [3.63, 3.8) is 0 Å². The van der Waals surface area contributed by atoms with Gasteiger partial charge in [-0.15, -0.1) is 0 Å². The van der Waals surface area contributed by atoms with Crippen LogP contribution in [0.15, 0.2) is 0 Å². The molecule has 2 spiro atoms. The Morgan fingerprint density at radius 3 is 2.43 bits per heavy atom. The molecule has 2 nitrogen and oxygen atoms in total. The lowest BCUT2D eigenvalue weighted by atomic mass is 9.43. The highest BCUT2D eigenvalue weighted by Gasteiger charge is 2.80. The molecule has 5 saturated carbocycles. The molecule has 30 heavy (non-hydrogen) atoms. The summed E-state index contributed by atoms with van der Waals surface area (Å²) in [5.41, 5.74) is 1.50. The molecule has 0 aromatic heterocycles. The quantitative estimate of drug-likeness (QED) is 0.522. The molecule has 0 saturated heterocycles. The molecule has 5 fully saturated rings. The first-order chi connectivity index (χ1) is 14.0. The van der Waals surface area contributed by atoms with Gasteiger partial charge in [-0.2, -0.15) is 0 Å². The first kappa shape index (κ1) is 21.7. The number of fused-ring (bicyclic) bond motifs is 2. The molecule has 5 rings (SSSR count). The third-order valence-electron chi connectivity index (χ3n) is 12.5. The van der Waals surface area contributed by atoms with Gasteiger partial charge in [0.05, 0.1) is 11.7 Å². The van der Waals surface area contributed by atoms with Crippen molar-refractivity contribution in [2.75, 3.05) is 0 Å². The number of hydrogen-bond acceptors (Lipinski definition) is 2. The fourth-order valence-corrected chi connectivity index (χ4v) is 10.6. The molecular weight excluding hydrogens is 368 g/mol. The van der Waals surface area contributed by atoms with Crippen LogP contribution in [0.2, 0.25) is 0 Å². The second-order valence-electron chi connectivity index (χ2n) is 13.8. The van der Waals surface area contributed by atoms with Gasteiger partial charge in [0, 0.05) is 0 Å². The van der Waals surface area contributed by atoms with Gasteiger partial charge in [0.2, 0.25) is 0 Å². The first-order valence-corrected chi connectivity index (χ1v) is 13.4. The predicted octanol–water partition coefficient (Wildman–Crippen LogP) is 6.73. The average Bonchev–Trinajstić information content (AvgIpc) is 3.26. The van der Waals surface area contributed by atoms with Crippen LogP contribution >= 0.6 is 0 Å². The molecule has 0 bridgehead atoms. The summed E-state index contributed by atoms with van der Waals surface area (Å²) < 4.78 is 0. The molecule has 0 radical (unpaired) electrons. The minimum atomic E-state index is -0.971. The fourth-order valence-electron chi connectivity index (χ4n) is 10.6. The molecule has 5 aliphatic carbocycles. The number of aliphatic hydroxyl groups is 2. The van der Waals surface area contributed by atoms with E-state index >= 15 is 0 Å². The minimum absolute atomic E-state index is 0.486. The summed E-state index contributed by atoms with van der Waals surface area (Å²) in [6, 6.07) is 0. The standard InChI is InChI=1S/C28H48O2/c1-19-8-7-14-27-18-28(27)17-16-25(4)20(9-6-10-23(29)24(2,3)30)13-15-26(25,5)22(28)12-11-21(19)27/h19-23,29-30H,6-18H2,1-5H3/t19?,20?,21?,22?,23?,25?,26-,27?,28?/m0/s1. The Morgan fingerprint density at radius 2 is 1.70 bits per heavy atom. The molecule has 0 aromatic rings. The molecule has 8 unspecified atom stereocenters. The molecule has 0 aromatic carbocycles. The van der Waals surface area contributed by atoms with E-state index in [1.807, 2.05) is 0 Å². The normalized spacial score (nSPS) is 53.3. The van der Waals surface area contributed by atoms with Crippen LogP contribution in [0.25, 0.3) is 0 Å². The van der Waals surface area contributed by atoms with Crippen molar-refractivity contribution >= 4 is 0 Å². The minimum Gasteiger partial charge on any atom is -0.390 e. The highest BCUT2D eigenvalue weighted by Crippen LogP contribution is 2.88. The van der Waals surface area contributed by atoms with E-state index < -0.39 is 11.7 Å². The summed E-state index contributed by atoms with van der Waals surface area (Å²) in [6.07, 6.45) is 17.3. The maximum Gasteiger partial charge on any atom is 0.0849 e. The molecule has 0 heterocycles. The Balaban J connectivity index is 1.32. The fraction of sp³-hybridized carbons (Fsp3) is 1.00. The molecule has 172 valence electrons. The van der Waals surface area contributed by atoms with E-state index in [1.54, 1.807) is 26.7 Å². The van der Waals surface area contributed by atoms with Crippen molar-refractivity contribution in [3.05, 3.63) is 0 Å². The van der Waals surface area contributed by atoms with Crippen LogP contribution in [-0.2, 0) is 0 Å². The summed E-state index contributed by atoms with van der Waals surface area (Å²) in [5.74, 6) is 3.79. The summed E-state index contributed by atoms with van der Waals surface area (Å²) in [5, 5.41) is 20.4. The van der Waals surface area contributed by atoms with Crippen LogP contribution in [0, 0.1) is 45.3 Å². The van der Waals surface area contributed by atoms with Gasteiger partial charge in [0.25, 0.3) is 0 Å². The van der Waals surface area contributed by atoms with E-state index in [4.69, 9.17) is 0 Å². The molecule has 0 aliphatic heterocycles. The molecule has 5 aliphatic rings. The summed E-state index contributed by atoms with van der Waals surface area (Å²) in [4.78, 5) is 0. The lowest BCUT2D eigenvalue weighted by molar-refractivity contribution is -0.128. The van der Waals surface area contributed by atoms with Gasteiger partial charge < -0.3 is 10.2 Å². The van der Waals surface area contributed by atoms with Crippen molar-refractivity contribution in [3.8, 4) is 0 Å². The van der Waals surface area contributed by atoms with Gasteiger partial charge in [0.15, 0.2) is 0 Å². The van der Waals surface area contributed by atoms with Crippen molar-refractivity contribution < 1.29 is 10.2 Å². The molecule has 2 N–H and O–H groups in total. The smallest absolute Gasteiger partial charge is 0.0849 e. The Kier molecular flexibility index (Phi) is 4.87. The van der Waals surface area contributed by atoms with Crippen LogP contribution in [0.4, 0.5) is 0 Å². The van der Waals surface area contributed by atoms with Crippen LogP contribution in [0.1, 0.15) is 118 Å². The highest BCUT2D eigenvalue weighted by molar-refractivity contribution is 5.29. The predicted molar refractivity (Wildman–Crippen MR) is 123 cm³/mol. The zero-order valence-corrected chi connectivity index (χ0v) is 20.5. The molecule has 2 heteroatoms. The third-order valence-corrected chi connectivity index (χ3v) is 12.5. The zero-order chi connectivity index (χ0) is 21.6. The van der Waals surface area contributed by atoms with E-state index in [-0.39, 0.29) is 0 Å². The van der Waals surface area contributed by atoms with E-state index in [0.717, 1.165) is 41.9 Å². The Bertz CT molecular complexity index is 681. The third kappa shape index (κ3) is 2.68. The second kappa shape index (κ2) is 6.72. The molecule has 0 amide bonds. The van der Waals surface area contributed by atoms with E-state index in [9.17, 15) is 10.2 Å². The molecular formula is C28H48O2. The van der Waals surface area contributed by atoms with Gasteiger partial charge in [-0.05, 0) is 123 Å². The first-order valence-electron chi connectivity index (χ1n) is 13.4. The van der Waals surface area contributed by atoms with Gasteiger partial charge in [0.1, 0.15) is 0 Å². The monoisotopic (exact) mass is 416 g/mol. The van der Waals surface area contributed by atoms with Gasteiger partial charge >= 0.3 is 0 Å². The number of aliphatic hydroxyl groups excluding tert-OH is 1. The van der Waals surface area contributed by atoms with Crippen molar-refractivity contribution in [1.29, 1.82) is 0 Å². The largest absolute Gasteiger partial charge is 0.390 e. The van der Waals surface area contributed by atoms with Crippen LogP contribution in [-0.4, -0.2) is 21.9 Å². The maximum atomic E-state index is 10.3. The lowest BCUT2D eigenvalue weighted by Crippen LogP contribution is -2.54. The van der Waals surface area contributed by atoms with Crippen LogP contribution in [0.5, 0.6) is 0 Å². The topological polar surface area (TPSA) is 40.5 Å². The lowest BCUT2D eigenvalue weighted by Gasteiger charge is -2.61. The van der Waals surface area contributed by atoms with Gasteiger partial charge in [-0.25, -0.2) is 0 Å². The SMILES string of the molecule is CC1CCCC23CC24CCC2(C)C(CCCC(O)C(C)(C)O)CC[C@@]2(C)C4CCC13. The van der Waals surface area contributed by atoms with Crippen molar-refractivity contribution in [1.82, 2.24) is 0 Å². The van der Waals surface area contributed by atoms with Gasteiger partial charge in [-0.3, -0.25) is 0 Å². The summed E-state index contributed by atoms with van der Waals surface area (Å²) in [6.45, 7) is 11.4.